The van der Waals surface area contributed by atoms with E-state index < -0.39 is 10.5 Å². The number of hydrogen-bond acceptors (Lipinski definition) is 5. The molecule has 1 aromatic carbocycles. The van der Waals surface area contributed by atoms with E-state index >= 15 is 0 Å². The number of ether oxygens (including phenoxy) is 1. The van der Waals surface area contributed by atoms with Crippen molar-refractivity contribution in [2.75, 3.05) is 12.3 Å². The first kappa shape index (κ1) is 17.6. The van der Waals surface area contributed by atoms with Crippen LogP contribution in [-0.2, 0) is 17.9 Å². The number of fused-ring (bicyclic) bond motifs is 1. The molecule has 1 fully saturated rings. The lowest BCUT2D eigenvalue weighted by molar-refractivity contribution is 0.104. The fraction of sp³-hybridized carbons (Fsp3) is 0.353. The third-order valence-electron chi connectivity index (χ3n) is 4.58. The second-order valence-corrected chi connectivity index (χ2v) is 8.19. The lowest BCUT2D eigenvalue weighted by Crippen LogP contribution is -2.17. The van der Waals surface area contributed by atoms with E-state index in [1.165, 1.54) is 0 Å². The molecule has 26 heavy (non-hydrogen) atoms. The van der Waals surface area contributed by atoms with Gasteiger partial charge in [-0.1, -0.05) is 57.9 Å². The molecule has 1 aliphatic rings. The second kappa shape index (κ2) is 6.75. The van der Waals surface area contributed by atoms with Gasteiger partial charge in [0.05, 0.1) is 23.9 Å². The number of aromatic nitrogens is 4. The van der Waals surface area contributed by atoms with Crippen LogP contribution in [0, 0.1) is 5.92 Å². The molecule has 3 aromatic rings. The van der Waals surface area contributed by atoms with Gasteiger partial charge in [-0.15, -0.1) is 0 Å². The maximum atomic E-state index is 14.5. The number of nitrogens with two attached hydrogens (primary N) is 1. The molecule has 6 nitrogen and oxygen atoms in total. The zero-order valence-corrected chi connectivity index (χ0v) is 16.0. The van der Waals surface area contributed by atoms with Gasteiger partial charge in [0.2, 0.25) is 5.95 Å². The van der Waals surface area contributed by atoms with E-state index in [0.29, 0.717) is 30.9 Å². The van der Waals surface area contributed by atoms with Gasteiger partial charge in [-0.25, -0.2) is 9.37 Å². The molecule has 1 aliphatic carbocycles. The Balaban J connectivity index is 1.43. The maximum absolute atomic E-state index is 14.5. The number of nitrogens with zero attached hydrogens (tertiary/aromatic N) is 4. The highest BCUT2D eigenvalue weighted by atomic mass is 79.9. The lowest BCUT2D eigenvalue weighted by Gasteiger charge is -2.11. The third kappa shape index (κ3) is 3.17. The molecular formula is C17H16BrClFN5O. The zero-order chi connectivity index (χ0) is 18.3. The number of alkyl halides is 2. The molecule has 3 atom stereocenters. The van der Waals surface area contributed by atoms with Crippen LogP contribution in [0.25, 0.3) is 11.2 Å². The summed E-state index contributed by atoms with van der Waals surface area (Å²) in [6, 6.07) is 9.81. The van der Waals surface area contributed by atoms with E-state index in [0.717, 1.165) is 5.56 Å². The van der Waals surface area contributed by atoms with Crippen molar-refractivity contribution in [3.63, 3.8) is 0 Å². The molecule has 3 unspecified atom stereocenters. The Morgan fingerprint density at radius 3 is 2.85 bits per heavy atom. The van der Waals surface area contributed by atoms with Gasteiger partial charge < -0.3 is 15.0 Å². The van der Waals surface area contributed by atoms with E-state index in [2.05, 4.69) is 30.9 Å². The van der Waals surface area contributed by atoms with Crippen molar-refractivity contribution in [2.24, 2.45) is 5.92 Å². The van der Waals surface area contributed by atoms with Crippen molar-refractivity contribution >= 4 is 44.6 Å². The number of benzene rings is 1. The van der Waals surface area contributed by atoms with Crippen molar-refractivity contribution in [2.45, 2.75) is 23.6 Å². The summed E-state index contributed by atoms with van der Waals surface area (Å²) in [5.41, 5.74) is 7.65. The molecular weight excluding hydrogens is 425 g/mol. The molecule has 4 rings (SSSR count). The zero-order valence-electron chi connectivity index (χ0n) is 13.6. The van der Waals surface area contributed by atoms with Crippen molar-refractivity contribution in [3.8, 4) is 0 Å². The van der Waals surface area contributed by atoms with Gasteiger partial charge in [-0.05, 0) is 5.56 Å². The van der Waals surface area contributed by atoms with E-state index in [9.17, 15) is 4.39 Å². The minimum atomic E-state index is -1.02. The monoisotopic (exact) mass is 439 g/mol. The number of rotatable bonds is 6. The first-order valence-corrected chi connectivity index (χ1v) is 9.24. The maximum Gasteiger partial charge on any atom is 0.223 e. The topological polar surface area (TPSA) is 78.8 Å². The molecule has 2 N–H and O–H groups in total. The Bertz CT molecular complexity index is 940. The smallest absolute Gasteiger partial charge is 0.223 e. The molecule has 0 spiro atoms. The number of halogens is 3. The second-order valence-electron chi connectivity index (χ2n) is 6.35. The number of imidazole rings is 1. The van der Waals surface area contributed by atoms with Gasteiger partial charge in [0.25, 0.3) is 0 Å². The van der Waals surface area contributed by atoms with Crippen molar-refractivity contribution in [1.29, 1.82) is 0 Å². The largest absolute Gasteiger partial charge is 0.376 e. The SMILES string of the molecule is Nc1nc(Cl)c2ncn(CC3(Br)C(F)C3COCc3ccccc3)c2n1. The van der Waals surface area contributed by atoms with Crippen LogP contribution in [0.5, 0.6) is 0 Å². The third-order valence-corrected chi connectivity index (χ3v) is 6.12. The van der Waals surface area contributed by atoms with Crippen LogP contribution in [0.1, 0.15) is 5.56 Å². The summed E-state index contributed by atoms with van der Waals surface area (Å²) >= 11 is 9.57. The molecule has 2 heterocycles. The highest BCUT2D eigenvalue weighted by Gasteiger charge is 2.64. The minimum absolute atomic E-state index is 0.0585. The Kier molecular flexibility index (Phi) is 4.58. The average molecular weight is 441 g/mol. The first-order chi connectivity index (χ1) is 12.5. The van der Waals surface area contributed by atoms with Crippen LogP contribution in [0.15, 0.2) is 36.7 Å². The Hall–Kier alpha value is -1.77. The molecule has 0 amide bonds. The summed E-state index contributed by atoms with van der Waals surface area (Å²) in [6.07, 6.45) is 0.547. The van der Waals surface area contributed by atoms with Gasteiger partial charge in [-0.2, -0.15) is 9.97 Å². The number of nitrogen functional groups attached to an aromatic ring is 1. The van der Waals surface area contributed by atoms with E-state index in [1.54, 1.807) is 10.9 Å². The van der Waals surface area contributed by atoms with Crippen molar-refractivity contribution in [3.05, 3.63) is 47.4 Å². The van der Waals surface area contributed by atoms with Gasteiger partial charge in [-0.3, -0.25) is 0 Å². The summed E-state index contributed by atoms with van der Waals surface area (Å²) in [4.78, 5) is 12.2. The molecule has 9 heteroatoms. The summed E-state index contributed by atoms with van der Waals surface area (Å²) in [5, 5.41) is 0.185. The Morgan fingerprint density at radius 2 is 2.08 bits per heavy atom. The van der Waals surface area contributed by atoms with Crippen molar-refractivity contribution in [1.82, 2.24) is 19.5 Å². The molecule has 0 saturated heterocycles. The van der Waals surface area contributed by atoms with Gasteiger partial charge in [0, 0.05) is 12.5 Å². The summed E-state index contributed by atoms with van der Waals surface area (Å²) in [5.74, 6) is -0.193. The van der Waals surface area contributed by atoms with E-state index in [1.807, 2.05) is 30.3 Å². The minimum Gasteiger partial charge on any atom is -0.376 e. The van der Waals surface area contributed by atoms with Crippen LogP contribution in [0.3, 0.4) is 0 Å². The standard InChI is InChI=1S/C17H16BrClFN5O/c18-17(8-25-9-22-12-14(19)23-16(21)24-15(12)25)11(13(17)20)7-26-6-10-4-2-1-3-5-10/h1-5,9,11,13H,6-8H2,(H2,21,23,24). The molecule has 0 aliphatic heterocycles. The molecule has 0 radical (unpaired) electrons. The average Bonchev–Trinajstić information content (AvgIpc) is 2.92. The summed E-state index contributed by atoms with van der Waals surface area (Å²) in [6.45, 7) is 1.13. The van der Waals surface area contributed by atoms with Gasteiger partial charge >= 0.3 is 0 Å². The highest BCUT2D eigenvalue weighted by molar-refractivity contribution is 9.10. The molecule has 0 bridgehead atoms. The predicted octanol–water partition coefficient (Wildman–Crippen LogP) is 3.38. The molecule has 136 valence electrons. The fourth-order valence-electron chi connectivity index (χ4n) is 3.04. The fourth-order valence-corrected chi connectivity index (χ4v) is 4.08. The van der Waals surface area contributed by atoms with Crippen LogP contribution in [-0.4, -0.2) is 36.6 Å². The summed E-state index contributed by atoms with van der Waals surface area (Å²) in [7, 11) is 0. The van der Waals surface area contributed by atoms with Crippen LogP contribution in [0.2, 0.25) is 5.15 Å². The quantitative estimate of drug-likeness (QED) is 0.469. The Morgan fingerprint density at radius 1 is 1.31 bits per heavy atom. The number of anilines is 1. The molecule has 2 aromatic heterocycles. The predicted molar refractivity (Wildman–Crippen MR) is 101 cm³/mol. The van der Waals surface area contributed by atoms with Gasteiger partial charge in [0.1, 0.15) is 11.7 Å². The first-order valence-electron chi connectivity index (χ1n) is 8.07. The van der Waals surface area contributed by atoms with Crippen LogP contribution < -0.4 is 5.73 Å². The lowest BCUT2D eigenvalue weighted by atomic mass is 10.2. The Labute approximate surface area is 162 Å². The van der Waals surface area contributed by atoms with Crippen LogP contribution in [0.4, 0.5) is 10.3 Å². The number of hydrogen-bond donors (Lipinski definition) is 1. The highest BCUT2D eigenvalue weighted by Crippen LogP contribution is 2.55. The van der Waals surface area contributed by atoms with Gasteiger partial charge in [0.15, 0.2) is 10.8 Å². The normalized spacial score (nSPS) is 24.9. The van der Waals surface area contributed by atoms with Crippen LogP contribution >= 0.6 is 27.5 Å². The summed E-state index contributed by atoms with van der Waals surface area (Å²) < 4.78 is 21.2. The van der Waals surface area contributed by atoms with Crippen molar-refractivity contribution < 1.29 is 9.13 Å². The molecule has 1 saturated carbocycles. The van der Waals surface area contributed by atoms with E-state index in [-0.39, 0.29) is 17.0 Å². The van der Waals surface area contributed by atoms with E-state index in [4.69, 9.17) is 22.1 Å².